The molecule has 3 aromatic rings. The number of aliphatic hydroxyl groups is 2. The number of aryl methyl sites for hydroxylation is 1. The van der Waals surface area contributed by atoms with Crippen LogP contribution < -0.4 is 16.4 Å². The van der Waals surface area contributed by atoms with Gasteiger partial charge in [0.25, 0.3) is 22.9 Å². The second kappa shape index (κ2) is 18.8. The van der Waals surface area contributed by atoms with E-state index in [9.17, 15) is 54.2 Å². The third kappa shape index (κ3) is 9.64. The van der Waals surface area contributed by atoms with Crippen LogP contribution in [0.2, 0.25) is 0 Å². The van der Waals surface area contributed by atoms with Gasteiger partial charge in [-0.05, 0) is 68.4 Å². The lowest BCUT2D eigenvalue weighted by Gasteiger charge is -2.27. The van der Waals surface area contributed by atoms with E-state index in [-0.39, 0.29) is 60.7 Å². The van der Waals surface area contributed by atoms with E-state index in [2.05, 4.69) is 5.32 Å². The number of allylic oxidation sites excluding steroid dienone is 4. The lowest BCUT2D eigenvalue weighted by atomic mass is 9.99. The summed E-state index contributed by atoms with van der Waals surface area (Å²) in [4.78, 5) is 90.9. The molecule has 0 saturated heterocycles. The van der Waals surface area contributed by atoms with E-state index in [0.717, 1.165) is 23.8 Å². The third-order valence-corrected chi connectivity index (χ3v) is 9.53. The molecule has 294 valence electrons. The molecule has 16 nitrogen and oxygen atoms in total. The molecule has 5 N–H and O–H groups in total. The number of nitrogens with one attached hydrogen (secondary N) is 1. The average Bonchev–Trinajstić information content (AvgIpc) is 3.18. The number of nitrogens with zero attached hydrogens (tertiary/aromatic N) is 4. The number of aliphatic hydroxyl groups excluding tert-OH is 2. The van der Waals surface area contributed by atoms with Crippen LogP contribution in [0.25, 0.3) is 10.9 Å². The maximum atomic E-state index is 13.7. The molecule has 2 unspecified atom stereocenters. The molecule has 3 amide bonds. The highest BCUT2D eigenvalue weighted by atomic mass is 16.5. The fraction of sp³-hybridized carbons (Fsp3) is 0.325. The van der Waals surface area contributed by atoms with E-state index in [1.54, 1.807) is 18.2 Å². The normalized spacial score (nSPS) is 16.4. The van der Waals surface area contributed by atoms with Crippen LogP contribution in [0, 0.1) is 0 Å². The molecule has 1 aromatic carbocycles. The summed E-state index contributed by atoms with van der Waals surface area (Å²) in [5.41, 5.74) is -0.664. The van der Waals surface area contributed by atoms with Crippen molar-refractivity contribution in [2.24, 2.45) is 0 Å². The van der Waals surface area contributed by atoms with Gasteiger partial charge in [-0.1, -0.05) is 48.6 Å². The van der Waals surface area contributed by atoms with Crippen LogP contribution in [0.1, 0.15) is 48.2 Å². The Morgan fingerprint density at radius 2 is 1.21 bits per heavy atom. The summed E-state index contributed by atoms with van der Waals surface area (Å²) in [6, 6.07) is 12.1. The van der Waals surface area contributed by atoms with Gasteiger partial charge in [-0.2, -0.15) is 0 Å². The smallest absolute Gasteiger partial charge is 0.283 e. The number of amides is 3. The predicted molar refractivity (Wildman–Crippen MR) is 202 cm³/mol. The van der Waals surface area contributed by atoms with Crippen molar-refractivity contribution in [3.63, 3.8) is 0 Å². The summed E-state index contributed by atoms with van der Waals surface area (Å²) in [5.74, 6) is -3.09. The number of carbonyl (C=O) groups excluding carboxylic acids is 5. The Balaban J connectivity index is 1.23. The van der Waals surface area contributed by atoms with E-state index >= 15 is 0 Å². The Hall–Kier alpha value is -6.39. The van der Waals surface area contributed by atoms with Gasteiger partial charge in [-0.25, -0.2) is 0 Å². The van der Waals surface area contributed by atoms with Crippen molar-refractivity contribution in [3.8, 4) is 0 Å². The van der Waals surface area contributed by atoms with Crippen LogP contribution in [0.15, 0.2) is 106 Å². The Morgan fingerprint density at radius 3 is 1.91 bits per heavy atom. The van der Waals surface area contributed by atoms with Gasteiger partial charge in [0, 0.05) is 50.2 Å². The summed E-state index contributed by atoms with van der Waals surface area (Å²) in [6.07, 6.45) is 7.01. The van der Waals surface area contributed by atoms with E-state index in [1.807, 2.05) is 6.07 Å². The van der Waals surface area contributed by atoms with Crippen molar-refractivity contribution in [3.05, 3.63) is 128 Å². The van der Waals surface area contributed by atoms with Gasteiger partial charge in [0.05, 0.1) is 16.7 Å². The molecule has 5 rings (SSSR count). The monoisotopic (exact) mass is 769 g/mol. The van der Waals surface area contributed by atoms with Crippen molar-refractivity contribution in [2.75, 3.05) is 32.7 Å². The SMILES string of the molecule is O=C(NCCCN(CCCCN(CCCCc1cccc2ccc(=O)n(O)c12)C(=O)c1cccc(=O)n1O)C(=O)C1=CC=CC(=O)C1O)C1=CC=CC(=O)C1O. The van der Waals surface area contributed by atoms with E-state index in [0.29, 0.717) is 47.7 Å². The van der Waals surface area contributed by atoms with E-state index in [4.69, 9.17) is 0 Å². The van der Waals surface area contributed by atoms with Gasteiger partial charge in [0.1, 0.15) is 17.9 Å². The third-order valence-electron chi connectivity index (χ3n) is 9.53. The van der Waals surface area contributed by atoms with Crippen molar-refractivity contribution >= 4 is 40.2 Å². The van der Waals surface area contributed by atoms with Crippen molar-refractivity contribution < 1.29 is 44.6 Å². The number of ketones is 2. The highest BCUT2D eigenvalue weighted by Crippen LogP contribution is 2.20. The van der Waals surface area contributed by atoms with Gasteiger partial charge in [0.15, 0.2) is 11.6 Å². The number of hydrogen-bond donors (Lipinski definition) is 5. The molecule has 2 heterocycles. The Kier molecular flexibility index (Phi) is 13.7. The number of benzene rings is 1. The summed E-state index contributed by atoms with van der Waals surface area (Å²) in [5, 5.41) is 44.5. The fourth-order valence-corrected chi connectivity index (χ4v) is 6.52. The zero-order valence-corrected chi connectivity index (χ0v) is 30.5. The average molecular weight is 770 g/mol. The molecule has 0 radical (unpaired) electrons. The molecule has 0 spiro atoms. The molecule has 16 heteroatoms. The van der Waals surface area contributed by atoms with Gasteiger partial charge in [-0.3, -0.25) is 33.6 Å². The fourth-order valence-electron chi connectivity index (χ4n) is 6.52. The Labute approximate surface area is 320 Å². The summed E-state index contributed by atoms with van der Waals surface area (Å²) < 4.78 is 0.895. The molecule has 0 saturated carbocycles. The summed E-state index contributed by atoms with van der Waals surface area (Å²) in [6.45, 7) is 0.700. The molecular formula is C40H43N5O11. The topological polar surface area (TPSA) is 229 Å². The molecular weight excluding hydrogens is 726 g/mol. The second-order valence-corrected chi connectivity index (χ2v) is 13.3. The first kappa shape index (κ1) is 40.8. The van der Waals surface area contributed by atoms with Gasteiger partial charge >= 0.3 is 0 Å². The van der Waals surface area contributed by atoms with Crippen LogP contribution in [-0.4, -0.2) is 114 Å². The highest BCUT2D eigenvalue weighted by Gasteiger charge is 2.30. The van der Waals surface area contributed by atoms with Crippen LogP contribution in [-0.2, 0) is 25.6 Å². The van der Waals surface area contributed by atoms with E-state index in [1.165, 1.54) is 52.3 Å². The van der Waals surface area contributed by atoms with Gasteiger partial charge < -0.3 is 35.7 Å². The summed E-state index contributed by atoms with van der Waals surface area (Å²) >= 11 is 0. The van der Waals surface area contributed by atoms with Crippen molar-refractivity contribution in [1.29, 1.82) is 0 Å². The number of aromatic nitrogens is 2. The van der Waals surface area contributed by atoms with Gasteiger partial charge in [-0.15, -0.1) is 9.46 Å². The molecule has 2 aliphatic rings. The van der Waals surface area contributed by atoms with Crippen LogP contribution in [0.5, 0.6) is 0 Å². The quantitative estimate of drug-likeness (QED) is 0.0964. The number of hydrogen-bond acceptors (Lipinski definition) is 11. The van der Waals surface area contributed by atoms with E-state index < -0.39 is 52.6 Å². The number of unbranched alkanes of at least 4 members (excludes halogenated alkanes) is 2. The number of para-hydroxylation sites is 1. The largest absolute Gasteiger partial charge is 0.425 e. The Morgan fingerprint density at radius 1 is 0.643 bits per heavy atom. The molecule has 56 heavy (non-hydrogen) atoms. The minimum atomic E-state index is -1.64. The van der Waals surface area contributed by atoms with Crippen LogP contribution in [0.3, 0.4) is 0 Å². The maximum Gasteiger partial charge on any atom is 0.283 e. The standard InChI is InChI=1S/C40H43N5O11/c46-31-16-6-13-28(36(31)50)38(52)41-21-9-25-42(39(53)29-14-7-17-32(47)37(29)51)23-3-4-24-43(40(54)30-15-8-18-33(48)44(30)55)22-2-1-10-26-11-5-12-27-19-20-34(49)45(56)35(26)27/h5-8,11-20,36-37,50-51,55-56H,1-4,9-10,21-25H2,(H,41,52). The number of fused-ring (bicyclic) bond motifs is 1. The second-order valence-electron chi connectivity index (χ2n) is 13.3. The zero-order valence-electron chi connectivity index (χ0n) is 30.5. The minimum Gasteiger partial charge on any atom is -0.425 e. The van der Waals surface area contributed by atoms with Crippen LogP contribution in [0.4, 0.5) is 0 Å². The molecule has 2 atom stereocenters. The molecule has 0 fully saturated rings. The molecule has 0 aliphatic heterocycles. The first-order valence-corrected chi connectivity index (χ1v) is 18.2. The molecule has 2 aromatic heterocycles. The lowest BCUT2D eigenvalue weighted by molar-refractivity contribution is -0.131. The van der Waals surface area contributed by atoms with Crippen LogP contribution >= 0.6 is 0 Å². The first-order chi connectivity index (χ1) is 26.9. The van der Waals surface area contributed by atoms with Gasteiger partial charge in [0.2, 0.25) is 5.91 Å². The van der Waals surface area contributed by atoms with Crippen molar-refractivity contribution in [1.82, 2.24) is 24.6 Å². The maximum absolute atomic E-state index is 13.7. The predicted octanol–water partition coefficient (Wildman–Crippen LogP) is 1.07. The highest BCUT2D eigenvalue weighted by molar-refractivity contribution is 6.08. The number of carbonyl (C=O) groups is 5. The summed E-state index contributed by atoms with van der Waals surface area (Å²) in [7, 11) is 0. The lowest BCUT2D eigenvalue weighted by Crippen LogP contribution is -2.41. The number of pyridine rings is 2. The molecule has 0 bridgehead atoms. The molecule has 2 aliphatic carbocycles. The minimum absolute atomic E-state index is 0.0718. The first-order valence-electron chi connectivity index (χ1n) is 18.2. The Bertz CT molecular complexity index is 2250. The zero-order chi connectivity index (χ0) is 40.4. The number of rotatable bonds is 17. The van der Waals surface area contributed by atoms with Crippen molar-refractivity contribution in [2.45, 2.75) is 50.7 Å².